The largest absolute Gasteiger partial charge is 0.506 e. The van der Waals surface area contributed by atoms with Gasteiger partial charge in [-0.3, -0.25) is 0 Å². The van der Waals surface area contributed by atoms with E-state index in [9.17, 15) is 14.7 Å². The first kappa shape index (κ1) is 18.8. The zero-order valence-electron chi connectivity index (χ0n) is 13.3. The molecule has 1 unspecified atom stereocenters. The third-order valence-electron chi connectivity index (χ3n) is 3.71. The Morgan fingerprint density at radius 1 is 1.38 bits per heavy atom. The van der Waals surface area contributed by atoms with Gasteiger partial charge in [-0.2, -0.15) is 0 Å². The van der Waals surface area contributed by atoms with Crippen LogP contribution in [0.1, 0.15) is 37.8 Å². The van der Waals surface area contributed by atoms with E-state index in [2.05, 4.69) is 42.5 Å². The summed E-state index contributed by atoms with van der Waals surface area (Å²) in [7, 11) is 1.29. The second-order valence-corrected chi connectivity index (χ2v) is 7.11. The predicted molar refractivity (Wildman–Crippen MR) is 96.5 cm³/mol. The van der Waals surface area contributed by atoms with Crippen LogP contribution in [-0.4, -0.2) is 24.2 Å². The molecule has 130 valence electrons. The number of carbonyl (C=O) groups excluding carboxylic acids is 2. The summed E-state index contributed by atoms with van der Waals surface area (Å²) in [4.78, 5) is 24.4. The van der Waals surface area contributed by atoms with Crippen LogP contribution in [0.3, 0.4) is 0 Å². The Labute approximate surface area is 156 Å². The first-order valence-electron chi connectivity index (χ1n) is 7.45. The van der Waals surface area contributed by atoms with Gasteiger partial charge in [-0.15, -0.1) is 0 Å². The Morgan fingerprint density at radius 3 is 2.71 bits per heavy atom. The van der Waals surface area contributed by atoms with Crippen LogP contribution in [0.5, 0.6) is 5.75 Å². The summed E-state index contributed by atoms with van der Waals surface area (Å²) in [5.41, 5.74) is 1.22. The second kappa shape index (κ2) is 8.02. The van der Waals surface area contributed by atoms with E-state index in [1.807, 2.05) is 6.92 Å². The SMILES string of the molecule is CCCCC1=C(C(=O)OC)C(c2cc(Br)cc(Br)c2O)NC(=O)N1. The summed E-state index contributed by atoms with van der Waals surface area (Å²) in [6.45, 7) is 2.02. The number of amides is 2. The molecule has 1 atom stereocenters. The molecule has 0 aromatic heterocycles. The molecular weight excluding hydrogens is 444 g/mol. The molecule has 3 N–H and O–H groups in total. The van der Waals surface area contributed by atoms with Crippen LogP contribution in [0.4, 0.5) is 4.79 Å². The van der Waals surface area contributed by atoms with Gasteiger partial charge in [0.2, 0.25) is 0 Å². The second-order valence-electron chi connectivity index (χ2n) is 5.34. The standard InChI is InChI=1S/C16H18Br2N2O4/c1-3-4-5-11-12(15(22)24-2)13(20-16(23)19-11)9-6-8(17)7-10(18)14(9)21/h6-7,13,21H,3-5H2,1-2H3,(H2,19,20,23). The number of halogens is 2. The van der Waals surface area contributed by atoms with Crippen molar-refractivity contribution >= 4 is 43.9 Å². The van der Waals surface area contributed by atoms with Crippen molar-refractivity contribution in [2.75, 3.05) is 7.11 Å². The molecule has 1 heterocycles. The summed E-state index contributed by atoms with van der Waals surface area (Å²) in [6, 6.07) is 2.12. The lowest BCUT2D eigenvalue weighted by Gasteiger charge is -2.30. The number of rotatable bonds is 5. The average molecular weight is 462 g/mol. The number of ether oxygens (including phenoxy) is 1. The number of hydrogen-bond acceptors (Lipinski definition) is 4. The van der Waals surface area contributed by atoms with E-state index in [0.29, 0.717) is 32.2 Å². The summed E-state index contributed by atoms with van der Waals surface area (Å²) >= 11 is 6.63. The molecule has 1 aromatic rings. The Hall–Kier alpha value is -1.54. The summed E-state index contributed by atoms with van der Waals surface area (Å²) < 4.78 is 6.05. The minimum atomic E-state index is -0.799. The van der Waals surface area contributed by atoms with Crippen molar-refractivity contribution < 1.29 is 19.4 Å². The maximum atomic E-state index is 12.3. The number of allylic oxidation sites excluding steroid dienone is 1. The minimum Gasteiger partial charge on any atom is -0.506 e. The third kappa shape index (κ3) is 3.92. The fraction of sp³-hybridized carbons (Fsp3) is 0.375. The van der Waals surface area contributed by atoms with E-state index in [0.717, 1.165) is 12.8 Å². The van der Waals surface area contributed by atoms with Crippen molar-refractivity contribution in [2.45, 2.75) is 32.2 Å². The van der Waals surface area contributed by atoms with Gasteiger partial charge in [0.25, 0.3) is 0 Å². The van der Waals surface area contributed by atoms with E-state index in [4.69, 9.17) is 4.74 Å². The van der Waals surface area contributed by atoms with Crippen LogP contribution in [0, 0.1) is 0 Å². The molecule has 24 heavy (non-hydrogen) atoms. The van der Waals surface area contributed by atoms with Gasteiger partial charge in [-0.1, -0.05) is 29.3 Å². The van der Waals surface area contributed by atoms with Crippen molar-refractivity contribution in [3.05, 3.63) is 37.9 Å². The van der Waals surface area contributed by atoms with Crippen LogP contribution in [0.15, 0.2) is 32.3 Å². The number of unbranched alkanes of at least 4 members (excludes halogenated alkanes) is 1. The summed E-state index contributed by atoms with van der Waals surface area (Å²) in [5, 5.41) is 15.8. The lowest BCUT2D eigenvalue weighted by atomic mass is 9.93. The highest BCUT2D eigenvalue weighted by molar-refractivity contribution is 9.11. The fourth-order valence-electron chi connectivity index (χ4n) is 2.56. The number of carbonyl (C=O) groups is 2. The Morgan fingerprint density at radius 2 is 2.08 bits per heavy atom. The van der Waals surface area contributed by atoms with E-state index >= 15 is 0 Å². The molecule has 6 nitrogen and oxygen atoms in total. The molecule has 8 heteroatoms. The first-order chi connectivity index (χ1) is 11.4. The number of esters is 1. The molecule has 0 bridgehead atoms. The van der Waals surface area contributed by atoms with Crippen molar-refractivity contribution in [2.24, 2.45) is 0 Å². The minimum absolute atomic E-state index is 0.0401. The normalized spacial score (nSPS) is 17.3. The monoisotopic (exact) mass is 460 g/mol. The number of hydrogen-bond donors (Lipinski definition) is 3. The van der Waals surface area contributed by atoms with Gasteiger partial charge in [0.05, 0.1) is 23.2 Å². The van der Waals surface area contributed by atoms with E-state index in [1.165, 1.54) is 7.11 Å². The molecule has 1 aliphatic rings. The number of benzene rings is 1. The molecule has 0 saturated heterocycles. The van der Waals surface area contributed by atoms with Gasteiger partial charge in [-0.25, -0.2) is 9.59 Å². The van der Waals surface area contributed by atoms with Crippen molar-refractivity contribution in [1.29, 1.82) is 0 Å². The van der Waals surface area contributed by atoms with Crippen LogP contribution < -0.4 is 10.6 Å². The molecular formula is C16H18Br2N2O4. The molecule has 0 saturated carbocycles. The van der Waals surface area contributed by atoms with Gasteiger partial charge < -0.3 is 20.5 Å². The quantitative estimate of drug-likeness (QED) is 0.580. The zero-order chi connectivity index (χ0) is 17.9. The van der Waals surface area contributed by atoms with Gasteiger partial charge in [0.1, 0.15) is 5.75 Å². The smallest absolute Gasteiger partial charge is 0.337 e. The summed E-state index contributed by atoms with van der Waals surface area (Å²) in [6.07, 6.45) is 2.28. The Balaban J connectivity index is 2.60. The summed E-state index contributed by atoms with van der Waals surface area (Å²) in [5.74, 6) is -0.587. The molecule has 1 aliphatic heterocycles. The highest BCUT2D eigenvalue weighted by Gasteiger charge is 2.35. The Bertz CT molecular complexity index is 704. The van der Waals surface area contributed by atoms with E-state index < -0.39 is 18.0 Å². The van der Waals surface area contributed by atoms with E-state index in [1.54, 1.807) is 12.1 Å². The van der Waals surface area contributed by atoms with E-state index in [-0.39, 0.29) is 5.75 Å². The third-order valence-corrected chi connectivity index (χ3v) is 4.77. The molecule has 0 fully saturated rings. The fourth-order valence-corrected chi connectivity index (χ4v) is 3.82. The molecule has 1 aromatic carbocycles. The van der Waals surface area contributed by atoms with Crippen LogP contribution in [0.25, 0.3) is 0 Å². The predicted octanol–water partition coefficient (Wildman–Crippen LogP) is 3.89. The number of phenolic OH excluding ortho intramolecular Hbond substituents is 1. The number of nitrogens with one attached hydrogen (secondary N) is 2. The maximum absolute atomic E-state index is 12.3. The van der Waals surface area contributed by atoms with Crippen molar-refractivity contribution in [3.8, 4) is 5.75 Å². The molecule has 2 amide bonds. The van der Waals surface area contributed by atoms with Crippen molar-refractivity contribution in [3.63, 3.8) is 0 Å². The van der Waals surface area contributed by atoms with Gasteiger partial charge in [0, 0.05) is 15.7 Å². The lowest BCUT2D eigenvalue weighted by molar-refractivity contribution is -0.136. The highest BCUT2D eigenvalue weighted by atomic mass is 79.9. The number of urea groups is 1. The molecule has 0 aliphatic carbocycles. The molecule has 0 spiro atoms. The number of methoxy groups -OCH3 is 1. The van der Waals surface area contributed by atoms with Crippen molar-refractivity contribution in [1.82, 2.24) is 10.6 Å². The first-order valence-corrected chi connectivity index (χ1v) is 9.04. The molecule has 0 radical (unpaired) electrons. The van der Waals surface area contributed by atoms with Crippen LogP contribution in [-0.2, 0) is 9.53 Å². The zero-order valence-corrected chi connectivity index (χ0v) is 16.5. The van der Waals surface area contributed by atoms with Crippen LogP contribution in [0.2, 0.25) is 0 Å². The lowest BCUT2D eigenvalue weighted by Crippen LogP contribution is -2.46. The van der Waals surface area contributed by atoms with Gasteiger partial charge >= 0.3 is 12.0 Å². The van der Waals surface area contributed by atoms with Gasteiger partial charge in [-0.05, 0) is 40.9 Å². The average Bonchev–Trinajstić information content (AvgIpc) is 2.54. The topological polar surface area (TPSA) is 87.7 Å². The molecule has 2 rings (SSSR count). The Kier molecular flexibility index (Phi) is 6.28. The maximum Gasteiger partial charge on any atom is 0.337 e. The highest BCUT2D eigenvalue weighted by Crippen LogP contribution is 2.39. The number of phenols is 1. The van der Waals surface area contributed by atoms with Crippen LogP contribution >= 0.6 is 31.9 Å². The number of aromatic hydroxyl groups is 1. The van der Waals surface area contributed by atoms with Gasteiger partial charge in [0.15, 0.2) is 0 Å².